The van der Waals surface area contributed by atoms with Crippen molar-refractivity contribution in [2.24, 2.45) is 5.14 Å². The van der Waals surface area contributed by atoms with Crippen molar-refractivity contribution in [1.29, 1.82) is 5.26 Å². The van der Waals surface area contributed by atoms with Crippen LogP contribution in [0.2, 0.25) is 0 Å². The van der Waals surface area contributed by atoms with E-state index in [1.165, 1.54) is 0 Å². The van der Waals surface area contributed by atoms with Crippen molar-refractivity contribution in [2.45, 2.75) is 33.1 Å². The van der Waals surface area contributed by atoms with Gasteiger partial charge in [-0.1, -0.05) is 6.42 Å². The molecule has 0 saturated heterocycles. The summed E-state index contributed by atoms with van der Waals surface area (Å²) in [5.74, 6) is 0. The number of unbranched alkanes of at least 4 members (excludes halogenated alkanes) is 2. The van der Waals surface area contributed by atoms with Crippen LogP contribution in [0.1, 0.15) is 36.0 Å². The van der Waals surface area contributed by atoms with Crippen molar-refractivity contribution in [1.82, 2.24) is 9.71 Å². The summed E-state index contributed by atoms with van der Waals surface area (Å²) in [4.78, 5) is 4.37. The molecule has 2 aromatic rings. The molecule has 2 rings (SSSR count). The van der Waals surface area contributed by atoms with Gasteiger partial charge in [0.05, 0.1) is 16.8 Å². The number of fused-ring (bicyclic) bond motifs is 1. The lowest BCUT2D eigenvalue weighted by atomic mass is 10.0. The molecule has 1 aromatic heterocycles. The van der Waals surface area contributed by atoms with Crippen LogP contribution in [0, 0.1) is 25.2 Å². The highest BCUT2D eigenvalue weighted by Gasteiger charge is 2.10. The molecule has 0 aliphatic rings. The highest BCUT2D eigenvalue weighted by Crippen LogP contribution is 2.28. The van der Waals surface area contributed by atoms with Gasteiger partial charge in [-0.15, -0.1) is 12.4 Å². The lowest BCUT2D eigenvalue weighted by molar-refractivity contribution is 0.577. The zero-order valence-electron chi connectivity index (χ0n) is 14.9. The van der Waals surface area contributed by atoms with E-state index in [0.717, 1.165) is 40.6 Å². The second-order valence-electron chi connectivity index (χ2n) is 6.04. The van der Waals surface area contributed by atoms with Crippen LogP contribution < -0.4 is 15.2 Å². The number of nitrogens with zero attached hydrogens (tertiary/aromatic N) is 2. The third-order valence-electron chi connectivity index (χ3n) is 4.06. The average Bonchev–Trinajstić information content (AvgIpc) is 2.54. The van der Waals surface area contributed by atoms with Crippen LogP contribution in [-0.4, -0.2) is 26.5 Å². The van der Waals surface area contributed by atoms with Gasteiger partial charge in [-0.3, -0.25) is 4.98 Å². The zero-order valence-corrected chi connectivity index (χ0v) is 16.5. The first kappa shape index (κ1) is 22.1. The number of pyridine rings is 1. The maximum atomic E-state index is 10.8. The molecule has 0 amide bonds. The first-order chi connectivity index (χ1) is 11.8. The predicted octanol–water partition coefficient (Wildman–Crippen LogP) is 2.52. The number of hydrogen-bond acceptors (Lipinski definition) is 5. The second kappa shape index (κ2) is 9.69. The number of rotatable bonds is 8. The van der Waals surface area contributed by atoms with Crippen LogP contribution in [0.4, 0.5) is 5.69 Å². The van der Waals surface area contributed by atoms with Crippen molar-refractivity contribution in [3.63, 3.8) is 0 Å². The Morgan fingerprint density at radius 2 is 1.81 bits per heavy atom. The summed E-state index contributed by atoms with van der Waals surface area (Å²) in [6.45, 7) is 5.10. The van der Waals surface area contributed by atoms with Crippen molar-refractivity contribution in [3.05, 3.63) is 35.0 Å². The van der Waals surface area contributed by atoms with Gasteiger partial charge in [-0.05, 0) is 49.9 Å². The number of aryl methyl sites for hydroxylation is 2. The molecular formula is C17H24ClN5O2S. The molecule has 0 unspecified atom stereocenters. The second-order valence-corrected chi connectivity index (χ2v) is 7.42. The van der Waals surface area contributed by atoms with Gasteiger partial charge in [0.25, 0.3) is 10.2 Å². The van der Waals surface area contributed by atoms with E-state index >= 15 is 0 Å². The first-order valence-corrected chi connectivity index (χ1v) is 9.68. The number of nitrogens with one attached hydrogen (secondary N) is 2. The van der Waals surface area contributed by atoms with Gasteiger partial charge in [0.15, 0.2) is 0 Å². The summed E-state index contributed by atoms with van der Waals surface area (Å²) in [6, 6.07) is 6.26. The van der Waals surface area contributed by atoms with E-state index in [9.17, 15) is 13.7 Å². The molecule has 7 nitrogen and oxygen atoms in total. The van der Waals surface area contributed by atoms with Crippen molar-refractivity contribution < 1.29 is 8.42 Å². The topological polar surface area (TPSA) is 121 Å². The third-order valence-corrected chi connectivity index (χ3v) is 4.67. The van der Waals surface area contributed by atoms with Crippen LogP contribution in [-0.2, 0) is 10.2 Å². The molecule has 0 atom stereocenters. The van der Waals surface area contributed by atoms with E-state index in [4.69, 9.17) is 5.14 Å². The minimum Gasteiger partial charge on any atom is -0.383 e. The Bertz CT molecular complexity index is 909. The predicted molar refractivity (Wildman–Crippen MR) is 107 cm³/mol. The maximum absolute atomic E-state index is 10.8. The summed E-state index contributed by atoms with van der Waals surface area (Å²) in [5, 5.41) is 18.5. The normalized spacial score (nSPS) is 11.0. The minimum absolute atomic E-state index is 0. The highest BCUT2D eigenvalue weighted by atomic mass is 35.5. The Balaban J connectivity index is 0.00000338. The fraction of sp³-hybridized carbons (Fsp3) is 0.412. The molecular weight excluding hydrogens is 374 g/mol. The van der Waals surface area contributed by atoms with Gasteiger partial charge in [0, 0.05) is 24.7 Å². The Hall–Kier alpha value is -1.92. The van der Waals surface area contributed by atoms with Crippen LogP contribution in [0.15, 0.2) is 18.3 Å². The Morgan fingerprint density at radius 3 is 2.46 bits per heavy atom. The number of nitriles is 1. The SMILES string of the molecule is Cc1cc2ncc(C#N)c(NCCCCCNS(N)(=O)=O)c2cc1C.Cl. The molecule has 0 saturated carbocycles. The Kier molecular flexibility index (Phi) is 8.24. The number of benzene rings is 1. The molecule has 26 heavy (non-hydrogen) atoms. The molecule has 0 fully saturated rings. The lowest BCUT2D eigenvalue weighted by Gasteiger charge is -2.13. The van der Waals surface area contributed by atoms with Gasteiger partial charge in [0.2, 0.25) is 0 Å². The van der Waals surface area contributed by atoms with Crippen molar-refractivity contribution in [3.8, 4) is 6.07 Å². The van der Waals surface area contributed by atoms with Gasteiger partial charge in [-0.25, -0.2) is 9.86 Å². The molecule has 1 heterocycles. The molecule has 0 aliphatic carbocycles. The fourth-order valence-corrected chi connectivity index (χ4v) is 3.01. The highest BCUT2D eigenvalue weighted by molar-refractivity contribution is 7.87. The molecule has 142 valence electrons. The molecule has 9 heteroatoms. The van der Waals surface area contributed by atoms with Crippen LogP contribution in [0.25, 0.3) is 10.9 Å². The lowest BCUT2D eigenvalue weighted by Crippen LogP contribution is -2.31. The number of hydrogen-bond donors (Lipinski definition) is 3. The van der Waals surface area contributed by atoms with E-state index in [2.05, 4.69) is 27.2 Å². The van der Waals surface area contributed by atoms with E-state index in [-0.39, 0.29) is 12.4 Å². The molecule has 0 radical (unpaired) electrons. The van der Waals surface area contributed by atoms with Crippen LogP contribution in [0.5, 0.6) is 0 Å². The van der Waals surface area contributed by atoms with Crippen molar-refractivity contribution >= 4 is 39.2 Å². The first-order valence-electron chi connectivity index (χ1n) is 8.13. The van der Waals surface area contributed by atoms with Gasteiger partial charge >= 0.3 is 0 Å². The van der Waals surface area contributed by atoms with Gasteiger partial charge in [0.1, 0.15) is 6.07 Å². The Labute approximate surface area is 160 Å². The van der Waals surface area contributed by atoms with E-state index in [1.54, 1.807) is 6.20 Å². The largest absolute Gasteiger partial charge is 0.383 e. The standard InChI is InChI=1S/C17H23N5O2S.ClH/c1-12-8-15-16(9-13(12)2)21-11-14(10-18)17(15)20-6-4-3-5-7-22-25(19,23)24;/h8-9,11,22H,3-7H2,1-2H3,(H,20,21)(H2,19,23,24);1H. The number of aromatic nitrogens is 1. The molecule has 0 spiro atoms. The van der Waals surface area contributed by atoms with E-state index < -0.39 is 10.2 Å². The van der Waals surface area contributed by atoms with E-state index in [1.807, 2.05) is 19.9 Å². The Morgan fingerprint density at radius 1 is 1.15 bits per heavy atom. The minimum atomic E-state index is -3.61. The molecule has 0 bridgehead atoms. The molecule has 0 aliphatic heterocycles. The van der Waals surface area contributed by atoms with Crippen LogP contribution >= 0.6 is 12.4 Å². The third kappa shape index (κ3) is 6.11. The summed E-state index contributed by atoms with van der Waals surface area (Å²) in [6.07, 6.45) is 4.00. The number of halogens is 1. The zero-order chi connectivity index (χ0) is 18.4. The summed E-state index contributed by atoms with van der Waals surface area (Å²) >= 11 is 0. The monoisotopic (exact) mass is 397 g/mol. The number of anilines is 1. The molecule has 1 aromatic carbocycles. The smallest absolute Gasteiger partial charge is 0.274 e. The van der Waals surface area contributed by atoms with Crippen molar-refractivity contribution in [2.75, 3.05) is 18.4 Å². The van der Waals surface area contributed by atoms with E-state index in [0.29, 0.717) is 25.1 Å². The van der Waals surface area contributed by atoms with Gasteiger partial charge in [-0.2, -0.15) is 13.7 Å². The summed E-state index contributed by atoms with van der Waals surface area (Å²) in [7, 11) is -3.61. The molecule has 4 N–H and O–H groups in total. The average molecular weight is 398 g/mol. The van der Waals surface area contributed by atoms with Gasteiger partial charge < -0.3 is 5.32 Å². The fourth-order valence-electron chi connectivity index (χ4n) is 2.58. The summed E-state index contributed by atoms with van der Waals surface area (Å²) < 4.78 is 23.8. The maximum Gasteiger partial charge on any atom is 0.274 e. The summed E-state index contributed by atoms with van der Waals surface area (Å²) in [5.41, 5.74) is 4.51. The number of nitrogens with two attached hydrogens (primary N) is 1. The quantitative estimate of drug-likeness (QED) is 0.591. The van der Waals surface area contributed by atoms with Crippen LogP contribution in [0.3, 0.4) is 0 Å².